The lowest BCUT2D eigenvalue weighted by Gasteiger charge is -2.15. The zero-order chi connectivity index (χ0) is 12.7. The molecule has 0 heterocycles. The maximum atomic E-state index is 11.7. The lowest BCUT2D eigenvalue weighted by Crippen LogP contribution is -2.45. The van der Waals surface area contributed by atoms with Crippen LogP contribution in [-0.2, 0) is 11.2 Å². The fourth-order valence-corrected chi connectivity index (χ4v) is 1.50. The van der Waals surface area contributed by atoms with E-state index in [-0.39, 0.29) is 11.9 Å². The van der Waals surface area contributed by atoms with E-state index in [0.29, 0.717) is 12.8 Å². The third-order valence-electron chi connectivity index (χ3n) is 2.42. The number of carbonyl (C=O) groups excluding carboxylic acids is 1. The number of nitriles is 1. The minimum Gasteiger partial charge on any atom is -0.351 e. The van der Waals surface area contributed by atoms with Crippen molar-refractivity contribution in [2.24, 2.45) is 5.73 Å². The van der Waals surface area contributed by atoms with Crippen LogP contribution in [0.4, 0.5) is 0 Å². The number of carbonyl (C=O) groups is 1. The summed E-state index contributed by atoms with van der Waals surface area (Å²) in [5.74, 6) is -0.211. The van der Waals surface area contributed by atoms with Crippen molar-refractivity contribution in [3.8, 4) is 6.07 Å². The average molecular weight is 231 g/mol. The van der Waals surface area contributed by atoms with Gasteiger partial charge in [0.1, 0.15) is 0 Å². The first-order valence-electron chi connectivity index (χ1n) is 5.60. The number of nitrogens with zero attached hydrogens (tertiary/aromatic N) is 1. The summed E-state index contributed by atoms with van der Waals surface area (Å²) in [6.07, 6.45) is 0.801. The molecule has 0 radical (unpaired) electrons. The summed E-state index contributed by atoms with van der Waals surface area (Å²) >= 11 is 0. The molecule has 0 aromatic heterocycles. The summed E-state index contributed by atoms with van der Waals surface area (Å²) in [6, 6.07) is 10.9. The Labute approximate surface area is 101 Å². The van der Waals surface area contributed by atoms with Gasteiger partial charge < -0.3 is 11.1 Å². The van der Waals surface area contributed by atoms with E-state index in [0.717, 1.165) is 5.56 Å². The predicted octanol–water partition coefficient (Wildman–Crippen LogP) is 0.975. The second kappa shape index (κ2) is 6.66. The first-order valence-corrected chi connectivity index (χ1v) is 5.60. The van der Waals surface area contributed by atoms with Gasteiger partial charge in [-0.1, -0.05) is 30.3 Å². The van der Waals surface area contributed by atoms with Gasteiger partial charge in [-0.25, -0.2) is 0 Å². The van der Waals surface area contributed by atoms with E-state index in [1.54, 1.807) is 6.92 Å². The Morgan fingerprint density at radius 1 is 1.47 bits per heavy atom. The van der Waals surface area contributed by atoms with Gasteiger partial charge in [0, 0.05) is 6.04 Å². The third-order valence-corrected chi connectivity index (χ3v) is 2.42. The van der Waals surface area contributed by atoms with Crippen LogP contribution in [0.15, 0.2) is 30.3 Å². The number of amides is 1. The molecule has 4 nitrogen and oxygen atoms in total. The van der Waals surface area contributed by atoms with Crippen molar-refractivity contribution in [3.05, 3.63) is 35.9 Å². The molecule has 90 valence electrons. The lowest BCUT2D eigenvalue weighted by molar-refractivity contribution is -0.122. The van der Waals surface area contributed by atoms with Crippen LogP contribution in [0.25, 0.3) is 0 Å². The molecule has 2 atom stereocenters. The summed E-state index contributed by atoms with van der Waals surface area (Å²) in [5.41, 5.74) is 6.83. The molecule has 0 bridgehead atoms. The van der Waals surface area contributed by atoms with Gasteiger partial charge in [-0.3, -0.25) is 4.79 Å². The molecule has 0 saturated carbocycles. The van der Waals surface area contributed by atoms with Crippen LogP contribution in [0.1, 0.15) is 18.9 Å². The van der Waals surface area contributed by atoms with Crippen LogP contribution < -0.4 is 11.1 Å². The van der Waals surface area contributed by atoms with Gasteiger partial charge >= 0.3 is 0 Å². The maximum absolute atomic E-state index is 11.7. The minimum atomic E-state index is -0.571. The molecule has 1 aromatic rings. The molecule has 0 aliphatic heterocycles. The van der Waals surface area contributed by atoms with Crippen LogP contribution in [0.3, 0.4) is 0 Å². The van der Waals surface area contributed by atoms with Gasteiger partial charge in [-0.2, -0.15) is 5.26 Å². The second-order valence-electron chi connectivity index (χ2n) is 4.07. The zero-order valence-electron chi connectivity index (χ0n) is 9.89. The summed E-state index contributed by atoms with van der Waals surface area (Å²) in [6.45, 7) is 1.79. The molecule has 1 aromatic carbocycles. The summed E-state index contributed by atoms with van der Waals surface area (Å²) < 4.78 is 0. The summed E-state index contributed by atoms with van der Waals surface area (Å²) in [5, 5.41) is 11.2. The molecule has 17 heavy (non-hydrogen) atoms. The topological polar surface area (TPSA) is 78.9 Å². The quantitative estimate of drug-likeness (QED) is 0.792. The average Bonchev–Trinajstić information content (AvgIpc) is 2.30. The van der Waals surface area contributed by atoms with Crippen molar-refractivity contribution in [1.82, 2.24) is 5.32 Å². The highest BCUT2D eigenvalue weighted by Crippen LogP contribution is 2.02. The molecule has 1 rings (SSSR count). The zero-order valence-corrected chi connectivity index (χ0v) is 9.89. The molecular formula is C13H17N3O. The molecule has 0 spiro atoms. The third kappa shape index (κ3) is 4.66. The van der Waals surface area contributed by atoms with Gasteiger partial charge in [-0.05, 0) is 18.9 Å². The van der Waals surface area contributed by atoms with Crippen molar-refractivity contribution in [3.63, 3.8) is 0 Å². The molecule has 1 unspecified atom stereocenters. The molecular weight excluding hydrogens is 214 g/mol. The molecule has 0 aliphatic rings. The van der Waals surface area contributed by atoms with Crippen molar-refractivity contribution < 1.29 is 4.79 Å². The number of benzene rings is 1. The van der Waals surface area contributed by atoms with E-state index < -0.39 is 6.04 Å². The minimum absolute atomic E-state index is 0.158. The van der Waals surface area contributed by atoms with E-state index >= 15 is 0 Å². The highest BCUT2D eigenvalue weighted by Gasteiger charge is 2.15. The monoisotopic (exact) mass is 231 g/mol. The first kappa shape index (κ1) is 13.2. The van der Waals surface area contributed by atoms with Gasteiger partial charge in [0.15, 0.2) is 0 Å². The van der Waals surface area contributed by atoms with Gasteiger partial charge in [0.2, 0.25) is 5.91 Å². The Bertz CT molecular complexity index is 397. The smallest absolute Gasteiger partial charge is 0.237 e. The maximum Gasteiger partial charge on any atom is 0.237 e. The Morgan fingerprint density at radius 2 is 2.12 bits per heavy atom. The number of nitrogens with two attached hydrogens (primary N) is 1. The summed E-state index contributed by atoms with van der Waals surface area (Å²) in [7, 11) is 0. The summed E-state index contributed by atoms with van der Waals surface area (Å²) in [4.78, 5) is 11.7. The fourth-order valence-electron chi connectivity index (χ4n) is 1.50. The van der Waals surface area contributed by atoms with Gasteiger partial charge in [-0.15, -0.1) is 0 Å². The Kier molecular flexibility index (Phi) is 5.18. The number of rotatable bonds is 5. The Hall–Kier alpha value is -1.86. The van der Waals surface area contributed by atoms with Gasteiger partial charge in [0.25, 0.3) is 0 Å². The fraction of sp³-hybridized carbons (Fsp3) is 0.385. The highest BCUT2D eigenvalue weighted by molar-refractivity contribution is 5.82. The standard InChI is InChI=1S/C13H17N3O/c1-10(7-8-14)16-13(17)12(15)9-11-5-3-2-4-6-11/h2-6,10,12H,7,9,15H2,1H3,(H,16,17)/t10?,12-/m0/s1. The predicted molar refractivity (Wildman–Crippen MR) is 66.0 cm³/mol. The lowest BCUT2D eigenvalue weighted by atomic mass is 10.1. The van der Waals surface area contributed by atoms with E-state index in [1.165, 1.54) is 0 Å². The van der Waals surface area contributed by atoms with Crippen molar-refractivity contribution in [2.45, 2.75) is 31.8 Å². The van der Waals surface area contributed by atoms with Crippen LogP contribution >= 0.6 is 0 Å². The van der Waals surface area contributed by atoms with E-state index in [9.17, 15) is 4.79 Å². The first-order chi connectivity index (χ1) is 8.13. The molecule has 1 amide bonds. The van der Waals surface area contributed by atoms with Crippen LogP contribution in [0, 0.1) is 11.3 Å². The largest absolute Gasteiger partial charge is 0.351 e. The van der Waals surface area contributed by atoms with Crippen LogP contribution in [0.2, 0.25) is 0 Å². The van der Waals surface area contributed by atoms with Crippen molar-refractivity contribution in [2.75, 3.05) is 0 Å². The molecule has 0 aliphatic carbocycles. The van der Waals surface area contributed by atoms with E-state index in [2.05, 4.69) is 5.32 Å². The molecule has 3 N–H and O–H groups in total. The van der Waals surface area contributed by atoms with E-state index in [4.69, 9.17) is 11.0 Å². The number of nitrogens with one attached hydrogen (secondary N) is 1. The van der Waals surface area contributed by atoms with Crippen molar-refractivity contribution in [1.29, 1.82) is 5.26 Å². The van der Waals surface area contributed by atoms with Crippen molar-refractivity contribution >= 4 is 5.91 Å². The normalized spacial score (nSPS) is 13.5. The molecule has 0 fully saturated rings. The van der Waals surface area contributed by atoms with E-state index in [1.807, 2.05) is 36.4 Å². The number of hydrogen-bond acceptors (Lipinski definition) is 3. The highest BCUT2D eigenvalue weighted by atomic mass is 16.2. The van der Waals surface area contributed by atoms with Crippen LogP contribution in [-0.4, -0.2) is 18.0 Å². The Morgan fingerprint density at radius 3 is 2.71 bits per heavy atom. The Balaban J connectivity index is 2.45. The second-order valence-corrected chi connectivity index (χ2v) is 4.07. The van der Waals surface area contributed by atoms with Gasteiger partial charge in [0.05, 0.1) is 18.5 Å². The molecule has 4 heteroatoms. The van der Waals surface area contributed by atoms with Crippen LogP contribution in [0.5, 0.6) is 0 Å². The molecule has 0 saturated heterocycles. The number of hydrogen-bond donors (Lipinski definition) is 2. The SMILES string of the molecule is CC(CC#N)NC(=O)[C@@H](N)Cc1ccccc1.